The molecule has 34 heavy (non-hydrogen) atoms. The minimum Gasteiger partial charge on any atom is -0.497 e. The van der Waals surface area contributed by atoms with E-state index < -0.39 is 23.4 Å². The number of methoxy groups -OCH3 is 1. The highest BCUT2D eigenvalue weighted by Crippen LogP contribution is 2.25. The van der Waals surface area contributed by atoms with Crippen LogP contribution in [0.2, 0.25) is 0 Å². The summed E-state index contributed by atoms with van der Waals surface area (Å²) in [5, 5.41) is 12.0. The highest BCUT2D eigenvalue weighted by atomic mass is 32.2. The van der Waals surface area contributed by atoms with Crippen LogP contribution in [0.4, 0.5) is 4.79 Å². The zero-order chi connectivity index (χ0) is 24.2. The Balaban J connectivity index is 1.67. The fourth-order valence-electron chi connectivity index (χ4n) is 3.45. The van der Waals surface area contributed by atoms with Crippen molar-refractivity contribution in [2.45, 2.75) is 36.5 Å². The smallest absolute Gasteiger partial charge is 0.407 e. The molecule has 0 aliphatic carbocycles. The number of rotatable bonds is 12. The first-order chi connectivity index (χ1) is 16.5. The van der Waals surface area contributed by atoms with Crippen molar-refractivity contribution >= 4 is 23.8 Å². The number of thioether (sulfide) groups is 1. The van der Waals surface area contributed by atoms with Gasteiger partial charge in [-0.2, -0.15) is 0 Å². The summed E-state index contributed by atoms with van der Waals surface area (Å²) < 4.78 is 10.5. The van der Waals surface area contributed by atoms with E-state index in [9.17, 15) is 14.7 Å². The highest BCUT2D eigenvalue weighted by molar-refractivity contribution is 7.99. The van der Waals surface area contributed by atoms with Gasteiger partial charge in [0.25, 0.3) is 0 Å². The summed E-state index contributed by atoms with van der Waals surface area (Å²) in [7, 11) is 1.60. The topological polar surface area (TPSA) is 84.9 Å². The number of aryl methyl sites for hydroxylation is 1. The van der Waals surface area contributed by atoms with Crippen LogP contribution in [0.1, 0.15) is 23.1 Å². The summed E-state index contributed by atoms with van der Waals surface area (Å²) in [6, 6.07) is 26.1. The van der Waals surface area contributed by atoms with E-state index in [1.54, 1.807) is 7.11 Å². The number of carbonyl (C=O) groups excluding carboxylic acids is 1. The third kappa shape index (κ3) is 8.15. The van der Waals surface area contributed by atoms with Crippen molar-refractivity contribution in [1.82, 2.24) is 5.32 Å². The second-order valence-corrected chi connectivity index (χ2v) is 8.88. The largest absolute Gasteiger partial charge is 0.497 e. The van der Waals surface area contributed by atoms with Crippen molar-refractivity contribution < 1.29 is 24.2 Å². The van der Waals surface area contributed by atoms with Gasteiger partial charge in [-0.3, -0.25) is 4.79 Å². The van der Waals surface area contributed by atoms with E-state index in [-0.39, 0.29) is 6.61 Å². The predicted octanol–water partition coefficient (Wildman–Crippen LogP) is 5.31. The molecule has 2 atom stereocenters. The Morgan fingerprint density at radius 3 is 2.09 bits per heavy atom. The maximum Gasteiger partial charge on any atom is 0.407 e. The molecule has 7 heteroatoms. The van der Waals surface area contributed by atoms with Crippen molar-refractivity contribution in [3.8, 4) is 5.75 Å². The molecular weight excluding hydrogens is 450 g/mol. The van der Waals surface area contributed by atoms with E-state index >= 15 is 0 Å². The Morgan fingerprint density at radius 2 is 1.50 bits per heavy atom. The van der Waals surface area contributed by atoms with Gasteiger partial charge in [-0.1, -0.05) is 72.8 Å². The van der Waals surface area contributed by atoms with Gasteiger partial charge < -0.3 is 19.9 Å². The van der Waals surface area contributed by atoms with Gasteiger partial charge in [-0.25, -0.2) is 4.79 Å². The number of carboxylic acid groups (broad SMARTS) is 1. The summed E-state index contributed by atoms with van der Waals surface area (Å²) in [4.78, 5) is 24.8. The molecule has 0 aromatic heterocycles. The number of hydrogen-bond acceptors (Lipinski definition) is 5. The lowest BCUT2D eigenvalue weighted by molar-refractivity contribution is -0.136. The molecule has 1 amide bonds. The minimum atomic E-state index is -0.972. The number of carbonyl (C=O) groups is 2. The number of hydrogen-bond donors (Lipinski definition) is 2. The number of nitrogens with one attached hydrogen (secondary N) is 1. The molecular formula is C27H29NO5S. The molecule has 6 nitrogen and oxygen atoms in total. The van der Waals surface area contributed by atoms with E-state index in [1.165, 1.54) is 11.8 Å². The van der Waals surface area contributed by atoms with Crippen LogP contribution in [0.25, 0.3) is 0 Å². The number of alkyl carbamates (subject to hydrolysis) is 1. The van der Waals surface area contributed by atoms with Crippen LogP contribution in [0.3, 0.4) is 0 Å². The fraction of sp³-hybridized carbons (Fsp3) is 0.259. The Kier molecular flexibility index (Phi) is 9.85. The Labute approximate surface area is 204 Å². The quantitative estimate of drug-likeness (QED) is 0.366. The molecule has 0 saturated heterocycles. The second kappa shape index (κ2) is 13.3. The average Bonchev–Trinajstić information content (AvgIpc) is 2.87. The second-order valence-electron chi connectivity index (χ2n) is 7.75. The van der Waals surface area contributed by atoms with E-state index in [1.807, 2.05) is 84.9 Å². The van der Waals surface area contributed by atoms with Crippen molar-refractivity contribution in [3.63, 3.8) is 0 Å². The zero-order valence-corrected chi connectivity index (χ0v) is 19.9. The molecule has 0 spiro atoms. The molecule has 3 aromatic carbocycles. The average molecular weight is 480 g/mol. The van der Waals surface area contributed by atoms with Gasteiger partial charge in [0.2, 0.25) is 0 Å². The normalized spacial score (nSPS) is 12.4. The van der Waals surface area contributed by atoms with Gasteiger partial charge >= 0.3 is 12.1 Å². The van der Waals surface area contributed by atoms with Gasteiger partial charge in [-0.05, 0) is 41.7 Å². The van der Waals surface area contributed by atoms with Crippen LogP contribution in [-0.4, -0.2) is 35.6 Å². The van der Waals surface area contributed by atoms with Gasteiger partial charge in [0.1, 0.15) is 17.6 Å². The molecule has 0 saturated carbocycles. The van der Waals surface area contributed by atoms with Crippen LogP contribution in [0.15, 0.2) is 84.9 Å². The van der Waals surface area contributed by atoms with Crippen LogP contribution in [0, 0.1) is 0 Å². The standard InChI is InChI=1S/C27H29NO5S/c1-32-23-15-12-22(13-16-23)19-34-25(26(29)30)24(17-14-20-8-4-2-5-9-20)28-27(31)33-18-21-10-6-3-7-11-21/h2-13,15-16,24-25H,14,17-19H2,1H3,(H,28,31)(H,29,30)/t24-,25-/m1/s1. The summed E-state index contributed by atoms with van der Waals surface area (Å²) in [5.41, 5.74) is 2.92. The molecule has 3 rings (SSSR count). The van der Waals surface area contributed by atoms with Crippen molar-refractivity contribution in [1.29, 1.82) is 0 Å². The van der Waals surface area contributed by atoms with E-state index in [2.05, 4.69) is 5.32 Å². The van der Waals surface area contributed by atoms with Gasteiger partial charge in [-0.15, -0.1) is 11.8 Å². The van der Waals surface area contributed by atoms with Gasteiger partial charge in [0.05, 0.1) is 13.2 Å². The summed E-state index contributed by atoms with van der Waals surface area (Å²) in [6.45, 7) is 0.120. The number of ether oxygens (including phenoxy) is 2. The number of aliphatic carboxylic acids is 1. The van der Waals surface area contributed by atoms with Gasteiger partial charge in [0, 0.05) is 5.75 Å². The van der Waals surface area contributed by atoms with Crippen LogP contribution < -0.4 is 10.1 Å². The van der Waals surface area contributed by atoms with Gasteiger partial charge in [0.15, 0.2) is 0 Å². The van der Waals surface area contributed by atoms with Crippen LogP contribution >= 0.6 is 11.8 Å². The third-order valence-electron chi connectivity index (χ3n) is 5.30. The summed E-state index contributed by atoms with van der Waals surface area (Å²) in [6.07, 6.45) is 0.479. The number of benzene rings is 3. The van der Waals surface area contributed by atoms with Crippen LogP contribution in [-0.2, 0) is 28.3 Å². The minimum absolute atomic E-state index is 0.120. The molecule has 0 aliphatic rings. The molecule has 3 aromatic rings. The maximum absolute atomic E-state index is 12.6. The molecule has 0 aliphatic heterocycles. The molecule has 0 radical (unpaired) electrons. The van der Waals surface area contributed by atoms with E-state index in [0.717, 1.165) is 22.4 Å². The third-order valence-corrected chi connectivity index (χ3v) is 6.69. The SMILES string of the molecule is COc1ccc(CS[C@@H](C(=O)O)[C@@H](CCc2ccccc2)NC(=O)OCc2ccccc2)cc1. The predicted molar refractivity (Wildman–Crippen MR) is 134 cm³/mol. The Hall–Kier alpha value is -3.45. The first-order valence-electron chi connectivity index (χ1n) is 11.0. The van der Waals surface area contributed by atoms with Crippen molar-refractivity contribution in [2.24, 2.45) is 0 Å². The lowest BCUT2D eigenvalue weighted by atomic mass is 10.0. The first kappa shape index (κ1) is 25.2. The maximum atomic E-state index is 12.6. The number of amides is 1. The van der Waals surface area contributed by atoms with E-state index in [4.69, 9.17) is 9.47 Å². The lowest BCUT2D eigenvalue weighted by Gasteiger charge is -2.25. The monoisotopic (exact) mass is 479 g/mol. The zero-order valence-electron chi connectivity index (χ0n) is 19.1. The fourth-order valence-corrected chi connectivity index (χ4v) is 4.59. The summed E-state index contributed by atoms with van der Waals surface area (Å²) >= 11 is 1.29. The van der Waals surface area contributed by atoms with Crippen molar-refractivity contribution in [2.75, 3.05) is 7.11 Å². The molecule has 0 heterocycles. The highest BCUT2D eigenvalue weighted by Gasteiger charge is 2.30. The summed E-state index contributed by atoms with van der Waals surface area (Å²) in [5.74, 6) is 0.260. The molecule has 0 fully saturated rings. The molecule has 2 N–H and O–H groups in total. The lowest BCUT2D eigenvalue weighted by Crippen LogP contribution is -2.46. The van der Waals surface area contributed by atoms with Crippen molar-refractivity contribution in [3.05, 3.63) is 102 Å². The van der Waals surface area contributed by atoms with E-state index in [0.29, 0.717) is 18.6 Å². The molecule has 0 bridgehead atoms. The number of carboxylic acids is 1. The Morgan fingerprint density at radius 1 is 0.882 bits per heavy atom. The Bertz CT molecular complexity index is 1030. The van der Waals surface area contributed by atoms with Crippen LogP contribution in [0.5, 0.6) is 5.75 Å². The molecule has 0 unspecified atom stereocenters. The first-order valence-corrected chi connectivity index (χ1v) is 12.1. The molecule has 178 valence electrons.